The molecule has 0 spiro atoms. The van der Waals surface area contributed by atoms with Gasteiger partial charge in [-0.25, -0.2) is 4.79 Å². The number of anilines is 1. The number of aliphatic hydroxyl groups is 1. The van der Waals surface area contributed by atoms with Gasteiger partial charge in [0.25, 0.3) is 0 Å². The number of hydrogen-bond donors (Lipinski definition) is 3. The van der Waals surface area contributed by atoms with E-state index in [2.05, 4.69) is 10.6 Å². The van der Waals surface area contributed by atoms with Gasteiger partial charge in [0, 0.05) is 30.3 Å². The molecular weight excluding hydrogens is 308 g/mol. The summed E-state index contributed by atoms with van der Waals surface area (Å²) in [7, 11) is 3.09. The number of carbonyl (C=O) groups is 1. The smallest absolute Gasteiger partial charge is 0.319 e. The van der Waals surface area contributed by atoms with E-state index in [9.17, 15) is 9.90 Å². The minimum atomic E-state index is -0.631. The lowest BCUT2D eigenvalue weighted by molar-refractivity contribution is 0.144. The zero-order valence-corrected chi connectivity index (χ0v) is 13.6. The molecule has 0 bridgehead atoms. The summed E-state index contributed by atoms with van der Waals surface area (Å²) in [6.07, 6.45) is -0.0957. The molecule has 2 amide bonds. The second-order valence-corrected chi connectivity index (χ2v) is 5.65. The standard InChI is InChI=1S/C18H20N2O4/c1-23-13-8-12(9-14(10-13)24-2)19-18(22)20-17-15-6-4-3-5-11(15)7-16(17)21/h3-6,8-10,16-17,21H,7H2,1-2H3,(H2,19,20,22)/t16-,17+/m0/s1. The first-order valence-corrected chi connectivity index (χ1v) is 7.67. The van der Waals surface area contributed by atoms with E-state index >= 15 is 0 Å². The minimum absolute atomic E-state index is 0.397. The summed E-state index contributed by atoms with van der Waals surface area (Å²) in [5.41, 5.74) is 2.55. The largest absolute Gasteiger partial charge is 0.497 e. The van der Waals surface area contributed by atoms with Gasteiger partial charge in [-0.3, -0.25) is 0 Å². The fraction of sp³-hybridized carbons (Fsp3) is 0.278. The molecule has 0 fully saturated rings. The average molecular weight is 328 g/mol. The molecule has 126 valence electrons. The molecule has 0 heterocycles. The monoisotopic (exact) mass is 328 g/mol. The van der Waals surface area contributed by atoms with E-state index < -0.39 is 18.2 Å². The number of benzene rings is 2. The van der Waals surface area contributed by atoms with Crippen molar-refractivity contribution >= 4 is 11.7 Å². The molecule has 6 heteroatoms. The van der Waals surface area contributed by atoms with Crippen LogP contribution >= 0.6 is 0 Å². The number of carbonyl (C=O) groups excluding carboxylic acids is 1. The molecule has 0 saturated carbocycles. The summed E-state index contributed by atoms with van der Waals surface area (Å²) in [6, 6.07) is 12.0. The SMILES string of the molecule is COc1cc(NC(=O)N[C@@H]2c3ccccc3C[C@@H]2O)cc(OC)c1. The molecule has 0 aliphatic heterocycles. The van der Waals surface area contributed by atoms with Crippen molar-refractivity contribution < 1.29 is 19.4 Å². The summed E-state index contributed by atoms with van der Waals surface area (Å²) in [5, 5.41) is 15.8. The number of hydrogen-bond acceptors (Lipinski definition) is 4. The zero-order valence-electron chi connectivity index (χ0n) is 13.6. The Morgan fingerprint density at radius 2 is 1.79 bits per heavy atom. The van der Waals surface area contributed by atoms with Crippen LogP contribution in [-0.2, 0) is 6.42 Å². The molecule has 0 radical (unpaired) electrons. The molecular formula is C18H20N2O4. The van der Waals surface area contributed by atoms with E-state index in [1.165, 1.54) is 0 Å². The Bertz CT molecular complexity index is 725. The number of rotatable bonds is 4. The lowest BCUT2D eigenvalue weighted by Gasteiger charge is -2.18. The molecule has 2 aromatic carbocycles. The predicted molar refractivity (Wildman–Crippen MR) is 90.6 cm³/mol. The molecule has 0 aromatic heterocycles. The van der Waals surface area contributed by atoms with Crippen LogP contribution in [0.4, 0.5) is 10.5 Å². The maximum atomic E-state index is 12.3. The highest BCUT2D eigenvalue weighted by molar-refractivity contribution is 5.90. The second-order valence-electron chi connectivity index (χ2n) is 5.65. The summed E-state index contributed by atoms with van der Waals surface area (Å²) in [6.45, 7) is 0. The Balaban J connectivity index is 1.72. The van der Waals surface area contributed by atoms with Crippen molar-refractivity contribution in [2.45, 2.75) is 18.6 Å². The Kier molecular flexibility index (Phi) is 4.57. The number of aliphatic hydroxyl groups excluding tert-OH is 1. The second kappa shape index (κ2) is 6.80. The third-order valence-corrected chi connectivity index (χ3v) is 4.10. The Hall–Kier alpha value is -2.73. The highest BCUT2D eigenvalue weighted by atomic mass is 16.5. The summed E-state index contributed by atoms with van der Waals surface area (Å²) in [4.78, 5) is 12.3. The quantitative estimate of drug-likeness (QED) is 0.805. The highest BCUT2D eigenvalue weighted by Gasteiger charge is 2.31. The van der Waals surface area contributed by atoms with Crippen molar-refractivity contribution in [2.24, 2.45) is 0 Å². The predicted octanol–water partition coefficient (Wildman–Crippen LogP) is 2.48. The number of ether oxygens (including phenoxy) is 2. The maximum Gasteiger partial charge on any atom is 0.319 e. The van der Waals surface area contributed by atoms with Crippen LogP contribution in [0.5, 0.6) is 11.5 Å². The minimum Gasteiger partial charge on any atom is -0.497 e. The fourth-order valence-corrected chi connectivity index (χ4v) is 2.94. The van der Waals surface area contributed by atoms with Crippen molar-refractivity contribution in [3.8, 4) is 11.5 Å². The molecule has 0 saturated heterocycles. The molecule has 3 N–H and O–H groups in total. The van der Waals surface area contributed by atoms with Crippen LogP contribution in [0.1, 0.15) is 17.2 Å². The number of urea groups is 1. The Labute approximate surface area is 140 Å². The third-order valence-electron chi connectivity index (χ3n) is 4.10. The van der Waals surface area contributed by atoms with E-state index in [1.54, 1.807) is 32.4 Å². The Morgan fingerprint density at radius 1 is 1.12 bits per heavy atom. The van der Waals surface area contributed by atoms with Crippen LogP contribution < -0.4 is 20.1 Å². The van der Waals surface area contributed by atoms with Crippen LogP contribution in [0, 0.1) is 0 Å². The van der Waals surface area contributed by atoms with Crippen LogP contribution in [0.25, 0.3) is 0 Å². The van der Waals surface area contributed by atoms with Gasteiger partial charge in [-0.2, -0.15) is 0 Å². The topological polar surface area (TPSA) is 79.8 Å². The maximum absolute atomic E-state index is 12.3. The number of nitrogens with one attached hydrogen (secondary N) is 2. The Morgan fingerprint density at radius 3 is 2.46 bits per heavy atom. The molecule has 24 heavy (non-hydrogen) atoms. The third kappa shape index (κ3) is 3.28. The van der Waals surface area contributed by atoms with E-state index in [1.807, 2.05) is 24.3 Å². The molecule has 3 rings (SSSR count). The van der Waals surface area contributed by atoms with E-state index in [4.69, 9.17) is 9.47 Å². The van der Waals surface area contributed by atoms with E-state index in [0.29, 0.717) is 23.6 Å². The van der Waals surface area contributed by atoms with Crippen LogP contribution in [0.3, 0.4) is 0 Å². The molecule has 0 unspecified atom stereocenters. The van der Waals surface area contributed by atoms with Crippen LogP contribution in [0.15, 0.2) is 42.5 Å². The molecule has 6 nitrogen and oxygen atoms in total. The van der Waals surface area contributed by atoms with Crippen molar-refractivity contribution in [1.29, 1.82) is 0 Å². The molecule has 1 aliphatic rings. The summed E-state index contributed by atoms with van der Waals surface area (Å²) < 4.78 is 10.4. The lowest BCUT2D eigenvalue weighted by atomic mass is 10.1. The van der Waals surface area contributed by atoms with Crippen molar-refractivity contribution in [3.05, 3.63) is 53.6 Å². The molecule has 2 aromatic rings. The van der Waals surface area contributed by atoms with Gasteiger partial charge in [-0.1, -0.05) is 24.3 Å². The molecule has 1 aliphatic carbocycles. The number of methoxy groups -OCH3 is 2. The van der Waals surface area contributed by atoms with Crippen LogP contribution in [0.2, 0.25) is 0 Å². The van der Waals surface area contributed by atoms with Gasteiger partial charge >= 0.3 is 6.03 Å². The first-order chi connectivity index (χ1) is 11.6. The van der Waals surface area contributed by atoms with Crippen molar-refractivity contribution in [2.75, 3.05) is 19.5 Å². The van der Waals surface area contributed by atoms with E-state index in [0.717, 1.165) is 11.1 Å². The average Bonchev–Trinajstić information content (AvgIpc) is 2.90. The normalized spacial score (nSPS) is 18.6. The first-order valence-electron chi connectivity index (χ1n) is 7.67. The summed E-state index contributed by atoms with van der Waals surface area (Å²) >= 11 is 0. The first kappa shape index (κ1) is 16.1. The molecule has 2 atom stereocenters. The van der Waals surface area contributed by atoms with Gasteiger partial charge in [-0.15, -0.1) is 0 Å². The lowest BCUT2D eigenvalue weighted by Crippen LogP contribution is -2.36. The summed E-state index contributed by atoms with van der Waals surface area (Å²) in [5.74, 6) is 1.16. The van der Waals surface area contributed by atoms with Gasteiger partial charge in [-0.05, 0) is 11.1 Å². The zero-order chi connectivity index (χ0) is 17.1. The van der Waals surface area contributed by atoms with Crippen LogP contribution in [-0.4, -0.2) is 31.5 Å². The van der Waals surface area contributed by atoms with Gasteiger partial charge in [0.1, 0.15) is 11.5 Å². The highest BCUT2D eigenvalue weighted by Crippen LogP contribution is 2.31. The van der Waals surface area contributed by atoms with Crippen molar-refractivity contribution in [1.82, 2.24) is 5.32 Å². The van der Waals surface area contributed by atoms with Gasteiger partial charge in [0.2, 0.25) is 0 Å². The van der Waals surface area contributed by atoms with Crippen molar-refractivity contribution in [3.63, 3.8) is 0 Å². The fourth-order valence-electron chi connectivity index (χ4n) is 2.94. The number of amides is 2. The van der Waals surface area contributed by atoms with Gasteiger partial charge in [0.15, 0.2) is 0 Å². The van der Waals surface area contributed by atoms with Gasteiger partial charge in [0.05, 0.1) is 26.4 Å². The number of fused-ring (bicyclic) bond motifs is 1. The van der Waals surface area contributed by atoms with E-state index in [-0.39, 0.29) is 0 Å². The van der Waals surface area contributed by atoms with Gasteiger partial charge < -0.3 is 25.2 Å².